The lowest BCUT2D eigenvalue weighted by atomic mass is 10.2. The average Bonchev–Trinajstić information content (AvgIpc) is 3.29. The molecule has 0 N–H and O–H groups in total. The van der Waals surface area contributed by atoms with Crippen molar-refractivity contribution < 1.29 is 9.15 Å². The molecule has 5 heteroatoms. The fourth-order valence-electron chi connectivity index (χ4n) is 3.02. The molecule has 0 saturated heterocycles. The highest BCUT2D eigenvalue weighted by atomic mass is 35.5. The number of rotatable bonds is 6. The van der Waals surface area contributed by atoms with Gasteiger partial charge in [0.15, 0.2) is 11.6 Å². The van der Waals surface area contributed by atoms with Crippen molar-refractivity contribution >= 4 is 22.6 Å². The van der Waals surface area contributed by atoms with E-state index in [9.17, 15) is 0 Å². The van der Waals surface area contributed by atoms with Crippen LogP contribution >= 0.6 is 11.6 Å². The van der Waals surface area contributed by atoms with E-state index in [2.05, 4.69) is 10.6 Å². The van der Waals surface area contributed by atoms with E-state index in [0.29, 0.717) is 6.61 Å². The summed E-state index contributed by atoms with van der Waals surface area (Å²) in [5.41, 5.74) is 3.08. The van der Waals surface area contributed by atoms with Gasteiger partial charge in [-0.05, 0) is 61.4 Å². The van der Waals surface area contributed by atoms with Gasteiger partial charge in [0.25, 0.3) is 0 Å². The lowest BCUT2D eigenvalue weighted by Crippen LogP contribution is -2.06. The van der Waals surface area contributed by atoms with Gasteiger partial charge >= 0.3 is 0 Å². The molecular weight excluding hydrogens is 348 g/mol. The van der Waals surface area contributed by atoms with E-state index in [1.807, 2.05) is 55.5 Å². The normalized spacial score (nSPS) is 11.2. The van der Waals surface area contributed by atoms with Crippen molar-refractivity contribution in [3.63, 3.8) is 0 Å². The Labute approximate surface area is 157 Å². The Hall–Kier alpha value is -2.72. The highest BCUT2D eigenvalue weighted by Gasteiger charge is 2.14. The van der Waals surface area contributed by atoms with Crippen molar-refractivity contribution in [3.8, 4) is 17.3 Å². The van der Waals surface area contributed by atoms with Crippen LogP contribution in [0, 0.1) is 6.92 Å². The summed E-state index contributed by atoms with van der Waals surface area (Å²) in [5.74, 6) is 2.46. The largest absolute Gasteiger partial charge is 0.494 e. The molecule has 0 bridgehead atoms. The molecule has 2 aromatic carbocycles. The molecule has 0 radical (unpaired) electrons. The van der Waals surface area contributed by atoms with E-state index in [1.165, 1.54) is 0 Å². The number of furan rings is 1. The molecule has 0 unspecified atom stereocenters. The minimum Gasteiger partial charge on any atom is -0.494 e. The van der Waals surface area contributed by atoms with Gasteiger partial charge in [0.05, 0.1) is 23.9 Å². The van der Waals surface area contributed by atoms with Crippen molar-refractivity contribution in [2.75, 3.05) is 6.61 Å². The second-order valence-electron chi connectivity index (χ2n) is 6.17. The fraction of sp³-hybridized carbons (Fsp3) is 0.190. The predicted octanol–water partition coefficient (Wildman–Crippen LogP) is 5.73. The van der Waals surface area contributed by atoms with Crippen LogP contribution in [-0.2, 0) is 6.54 Å². The minimum absolute atomic E-state index is 0.616. The molecule has 2 heterocycles. The zero-order valence-corrected chi connectivity index (χ0v) is 15.2. The summed E-state index contributed by atoms with van der Waals surface area (Å²) in [6, 6.07) is 17.7. The highest BCUT2D eigenvalue weighted by Crippen LogP contribution is 2.26. The topological polar surface area (TPSA) is 40.2 Å². The Morgan fingerprint density at radius 3 is 2.81 bits per heavy atom. The molecule has 0 fully saturated rings. The van der Waals surface area contributed by atoms with Crippen LogP contribution in [0.5, 0.6) is 5.75 Å². The van der Waals surface area contributed by atoms with Crippen LogP contribution < -0.4 is 4.74 Å². The van der Waals surface area contributed by atoms with Crippen molar-refractivity contribution in [1.29, 1.82) is 0 Å². The number of benzene rings is 2. The molecule has 0 aliphatic rings. The number of imidazole rings is 1. The number of hydrogen-bond acceptors (Lipinski definition) is 3. The van der Waals surface area contributed by atoms with Gasteiger partial charge in [-0.3, -0.25) is 0 Å². The number of aromatic nitrogens is 2. The minimum atomic E-state index is 0.616. The van der Waals surface area contributed by atoms with Crippen LogP contribution in [-0.4, -0.2) is 16.2 Å². The smallest absolute Gasteiger partial charge is 0.177 e. The van der Waals surface area contributed by atoms with Gasteiger partial charge in [0.2, 0.25) is 0 Å². The second kappa shape index (κ2) is 7.26. The molecule has 0 atom stereocenters. The third kappa shape index (κ3) is 3.33. The van der Waals surface area contributed by atoms with Crippen LogP contribution in [0.2, 0.25) is 5.02 Å². The first kappa shape index (κ1) is 16.7. The first-order valence-electron chi connectivity index (χ1n) is 8.60. The Kier molecular flexibility index (Phi) is 4.67. The second-order valence-corrected chi connectivity index (χ2v) is 6.57. The predicted molar refractivity (Wildman–Crippen MR) is 104 cm³/mol. The molecule has 0 saturated carbocycles. The number of hydrogen-bond donors (Lipinski definition) is 0. The molecule has 4 nitrogen and oxygen atoms in total. The van der Waals surface area contributed by atoms with Gasteiger partial charge in [0.1, 0.15) is 5.75 Å². The molecule has 0 amide bonds. The molecular formula is C21H19ClN2O2. The Balaban J connectivity index is 1.50. The van der Waals surface area contributed by atoms with Gasteiger partial charge in [0, 0.05) is 11.6 Å². The molecule has 132 valence electrons. The van der Waals surface area contributed by atoms with E-state index in [0.717, 1.165) is 51.9 Å². The summed E-state index contributed by atoms with van der Waals surface area (Å²) >= 11 is 6.06. The van der Waals surface area contributed by atoms with E-state index in [1.54, 1.807) is 6.26 Å². The quantitative estimate of drug-likeness (QED) is 0.409. The number of para-hydroxylation sites is 2. The SMILES string of the molecule is Cc1cc(OCCCn2c(-c3ccco3)nc3ccccc32)ccc1Cl. The van der Waals surface area contributed by atoms with Crippen molar-refractivity contribution in [1.82, 2.24) is 9.55 Å². The lowest BCUT2D eigenvalue weighted by Gasteiger charge is -2.10. The van der Waals surface area contributed by atoms with Crippen molar-refractivity contribution in [2.45, 2.75) is 19.9 Å². The fourth-order valence-corrected chi connectivity index (χ4v) is 3.13. The number of aryl methyl sites for hydroxylation is 2. The summed E-state index contributed by atoms with van der Waals surface area (Å²) in [4.78, 5) is 4.73. The third-order valence-electron chi connectivity index (χ3n) is 4.32. The maximum absolute atomic E-state index is 6.06. The van der Waals surface area contributed by atoms with Crippen LogP contribution in [0.4, 0.5) is 0 Å². The number of halogens is 1. The number of nitrogens with zero attached hydrogens (tertiary/aromatic N) is 2. The summed E-state index contributed by atoms with van der Waals surface area (Å²) in [5, 5.41) is 0.755. The number of fused-ring (bicyclic) bond motifs is 1. The molecule has 4 rings (SSSR count). The third-order valence-corrected chi connectivity index (χ3v) is 4.74. The summed E-state index contributed by atoms with van der Waals surface area (Å²) < 4.78 is 13.6. The Morgan fingerprint density at radius 2 is 2.00 bits per heavy atom. The van der Waals surface area contributed by atoms with Crippen LogP contribution in [0.25, 0.3) is 22.6 Å². The highest BCUT2D eigenvalue weighted by molar-refractivity contribution is 6.31. The van der Waals surface area contributed by atoms with Gasteiger partial charge < -0.3 is 13.7 Å². The zero-order chi connectivity index (χ0) is 17.9. The lowest BCUT2D eigenvalue weighted by molar-refractivity contribution is 0.302. The molecule has 4 aromatic rings. The van der Waals surface area contributed by atoms with Crippen LogP contribution in [0.1, 0.15) is 12.0 Å². The van der Waals surface area contributed by atoms with Gasteiger partial charge in [-0.1, -0.05) is 23.7 Å². The van der Waals surface area contributed by atoms with E-state index in [4.69, 9.17) is 25.7 Å². The summed E-state index contributed by atoms with van der Waals surface area (Å²) in [6.45, 7) is 3.39. The van der Waals surface area contributed by atoms with Crippen molar-refractivity contribution in [2.24, 2.45) is 0 Å². The van der Waals surface area contributed by atoms with Gasteiger partial charge in [-0.15, -0.1) is 0 Å². The van der Waals surface area contributed by atoms with Crippen LogP contribution in [0.15, 0.2) is 65.3 Å². The van der Waals surface area contributed by atoms with Crippen LogP contribution in [0.3, 0.4) is 0 Å². The summed E-state index contributed by atoms with van der Waals surface area (Å²) in [6.07, 6.45) is 2.53. The molecule has 2 aromatic heterocycles. The zero-order valence-electron chi connectivity index (χ0n) is 14.5. The van der Waals surface area contributed by atoms with Crippen molar-refractivity contribution in [3.05, 3.63) is 71.4 Å². The molecule has 0 aliphatic heterocycles. The maximum Gasteiger partial charge on any atom is 0.177 e. The first-order valence-corrected chi connectivity index (χ1v) is 8.98. The standard InChI is InChI=1S/C21H19ClN2O2/c1-15-14-16(9-10-17(15)22)25-13-5-11-24-19-7-3-2-6-18(19)23-21(24)20-8-4-12-26-20/h2-4,6-10,12,14H,5,11,13H2,1H3. The van der Waals surface area contributed by atoms with E-state index < -0.39 is 0 Å². The monoisotopic (exact) mass is 366 g/mol. The first-order chi connectivity index (χ1) is 12.7. The Morgan fingerprint density at radius 1 is 1.12 bits per heavy atom. The molecule has 0 aliphatic carbocycles. The average molecular weight is 367 g/mol. The van der Waals surface area contributed by atoms with E-state index >= 15 is 0 Å². The maximum atomic E-state index is 6.06. The van der Waals surface area contributed by atoms with Gasteiger partial charge in [-0.25, -0.2) is 4.98 Å². The van der Waals surface area contributed by atoms with Gasteiger partial charge in [-0.2, -0.15) is 0 Å². The summed E-state index contributed by atoms with van der Waals surface area (Å²) in [7, 11) is 0. The molecule has 26 heavy (non-hydrogen) atoms. The number of ether oxygens (including phenoxy) is 1. The van der Waals surface area contributed by atoms with E-state index in [-0.39, 0.29) is 0 Å². The molecule has 0 spiro atoms. The Bertz CT molecular complexity index is 1020.